The van der Waals surface area contributed by atoms with Gasteiger partial charge in [-0.1, -0.05) is 6.92 Å². The van der Waals surface area contributed by atoms with E-state index >= 15 is 0 Å². The van der Waals surface area contributed by atoms with Gasteiger partial charge in [0.05, 0.1) is 6.54 Å². The summed E-state index contributed by atoms with van der Waals surface area (Å²) in [6.07, 6.45) is 0. The van der Waals surface area contributed by atoms with Crippen molar-refractivity contribution >= 4 is 0 Å². The highest BCUT2D eigenvalue weighted by Gasteiger charge is 2.04. The van der Waals surface area contributed by atoms with Crippen LogP contribution in [-0.4, -0.2) is 31.6 Å². The first-order valence-corrected chi connectivity index (χ1v) is 6.93. The summed E-state index contributed by atoms with van der Waals surface area (Å²) in [5.74, 6) is 1.43. The van der Waals surface area contributed by atoms with Crippen LogP contribution in [0.25, 0.3) is 11.3 Å². The van der Waals surface area contributed by atoms with E-state index in [1.165, 1.54) is 12.1 Å². The Labute approximate surface area is 119 Å². The predicted molar refractivity (Wildman–Crippen MR) is 79.0 cm³/mol. The largest absolute Gasteiger partial charge is 0.460 e. The van der Waals surface area contributed by atoms with Gasteiger partial charge in [0.25, 0.3) is 0 Å². The van der Waals surface area contributed by atoms with Crippen LogP contribution in [0.3, 0.4) is 0 Å². The Morgan fingerprint density at radius 3 is 2.60 bits per heavy atom. The van der Waals surface area contributed by atoms with Gasteiger partial charge in [-0.25, -0.2) is 4.39 Å². The molecule has 0 bridgehead atoms. The van der Waals surface area contributed by atoms with E-state index in [0.717, 1.165) is 36.7 Å². The van der Waals surface area contributed by atoms with Gasteiger partial charge in [-0.05, 0) is 50.0 Å². The van der Waals surface area contributed by atoms with Crippen LogP contribution in [0.5, 0.6) is 0 Å². The third kappa shape index (κ3) is 4.18. The maximum Gasteiger partial charge on any atom is 0.134 e. The summed E-state index contributed by atoms with van der Waals surface area (Å²) in [6, 6.07) is 10.2. The lowest BCUT2D eigenvalue weighted by atomic mass is 10.2. The van der Waals surface area contributed by atoms with E-state index in [2.05, 4.69) is 24.2 Å². The monoisotopic (exact) mass is 276 g/mol. The SMILES string of the molecule is CCN(C)CCNCc1ccc(-c2ccc(F)cc2)o1. The average Bonchev–Trinajstić information content (AvgIpc) is 2.93. The van der Waals surface area contributed by atoms with Crippen LogP contribution in [0.4, 0.5) is 4.39 Å². The van der Waals surface area contributed by atoms with Gasteiger partial charge in [-0.2, -0.15) is 0 Å². The van der Waals surface area contributed by atoms with Crippen LogP contribution < -0.4 is 5.32 Å². The van der Waals surface area contributed by atoms with E-state index in [1.54, 1.807) is 12.1 Å². The smallest absolute Gasteiger partial charge is 0.134 e. The molecular formula is C16H21FN2O. The molecule has 0 amide bonds. The second kappa shape index (κ2) is 7.22. The third-order valence-electron chi connectivity index (χ3n) is 3.30. The molecule has 0 atom stereocenters. The van der Waals surface area contributed by atoms with Crippen molar-refractivity contribution in [2.24, 2.45) is 0 Å². The van der Waals surface area contributed by atoms with Crippen molar-refractivity contribution in [2.45, 2.75) is 13.5 Å². The summed E-state index contributed by atoms with van der Waals surface area (Å²) in [7, 11) is 2.10. The van der Waals surface area contributed by atoms with Crippen molar-refractivity contribution < 1.29 is 8.81 Å². The summed E-state index contributed by atoms with van der Waals surface area (Å²) < 4.78 is 18.6. The molecular weight excluding hydrogens is 255 g/mol. The lowest BCUT2D eigenvalue weighted by molar-refractivity contribution is 0.345. The number of furan rings is 1. The Morgan fingerprint density at radius 2 is 1.90 bits per heavy atom. The minimum absolute atomic E-state index is 0.234. The van der Waals surface area contributed by atoms with Crippen LogP contribution in [0.2, 0.25) is 0 Å². The molecule has 1 aromatic carbocycles. The van der Waals surface area contributed by atoms with E-state index in [-0.39, 0.29) is 5.82 Å². The Hall–Kier alpha value is -1.65. The summed E-state index contributed by atoms with van der Waals surface area (Å²) in [5, 5.41) is 3.35. The molecule has 0 radical (unpaired) electrons. The fourth-order valence-electron chi connectivity index (χ4n) is 1.88. The maximum absolute atomic E-state index is 12.9. The molecule has 2 aromatic rings. The minimum atomic E-state index is -0.234. The number of nitrogens with zero attached hydrogens (tertiary/aromatic N) is 1. The highest BCUT2D eigenvalue weighted by molar-refractivity contribution is 5.57. The van der Waals surface area contributed by atoms with Crippen LogP contribution in [0.15, 0.2) is 40.8 Å². The molecule has 0 unspecified atom stereocenters. The van der Waals surface area contributed by atoms with Crippen molar-refractivity contribution in [3.63, 3.8) is 0 Å². The second-order valence-corrected chi connectivity index (χ2v) is 4.85. The molecule has 4 heteroatoms. The van der Waals surface area contributed by atoms with Gasteiger partial charge in [-0.15, -0.1) is 0 Å². The lowest BCUT2D eigenvalue weighted by Gasteiger charge is -2.13. The first kappa shape index (κ1) is 14.8. The molecule has 0 fully saturated rings. The van der Waals surface area contributed by atoms with Gasteiger partial charge in [0, 0.05) is 18.7 Å². The molecule has 0 saturated carbocycles. The minimum Gasteiger partial charge on any atom is -0.460 e. The Kier molecular flexibility index (Phi) is 5.32. The van der Waals surface area contributed by atoms with Gasteiger partial charge < -0.3 is 14.6 Å². The third-order valence-corrected chi connectivity index (χ3v) is 3.30. The Bertz CT molecular complexity index is 522. The van der Waals surface area contributed by atoms with Crippen molar-refractivity contribution in [1.82, 2.24) is 10.2 Å². The van der Waals surface area contributed by atoms with Crippen LogP contribution >= 0.6 is 0 Å². The van der Waals surface area contributed by atoms with Gasteiger partial charge in [0.1, 0.15) is 17.3 Å². The fraction of sp³-hybridized carbons (Fsp3) is 0.375. The molecule has 0 saturated heterocycles. The topological polar surface area (TPSA) is 28.4 Å². The zero-order valence-corrected chi connectivity index (χ0v) is 12.0. The molecule has 108 valence electrons. The molecule has 1 aromatic heterocycles. The summed E-state index contributed by atoms with van der Waals surface area (Å²) in [4.78, 5) is 2.25. The van der Waals surface area contributed by atoms with E-state index in [9.17, 15) is 4.39 Å². The highest BCUT2D eigenvalue weighted by atomic mass is 19.1. The number of nitrogens with one attached hydrogen (secondary N) is 1. The zero-order valence-electron chi connectivity index (χ0n) is 12.0. The number of halogens is 1. The van der Waals surface area contributed by atoms with Gasteiger partial charge >= 0.3 is 0 Å². The molecule has 0 aliphatic heterocycles. The number of hydrogen-bond acceptors (Lipinski definition) is 3. The molecule has 20 heavy (non-hydrogen) atoms. The summed E-state index contributed by atoms with van der Waals surface area (Å²) in [6.45, 7) is 5.84. The van der Waals surface area contributed by atoms with Crippen molar-refractivity contribution in [1.29, 1.82) is 0 Å². The predicted octanol–water partition coefficient (Wildman–Crippen LogP) is 3.13. The summed E-state index contributed by atoms with van der Waals surface area (Å²) in [5.41, 5.74) is 0.892. The average molecular weight is 276 g/mol. The van der Waals surface area contributed by atoms with E-state index in [1.807, 2.05) is 12.1 Å². The van der Waals surface area contributed by atoms with Gasteiger partial charge in [0.2, 0.25) is 0 Å². The normalized spacial score (nSPS) is 11.2. The second-order valence-electron chi connectivity index (χ2n) is 4.85. The molecule has 3 nitrogen and oxygen atoms in total. The first-order valence-electron chi connectivity index (χ1n) is 6.93. The Morgan fingerprint density at radius 1 is 1.15 bits per heavy atom. The standard InChI is InChI=1S/C16H21FN2O/c1-3-19(2)11-10-18-12-15-8-9-16(20-15)13-4-6-14(17)7-5-13/h4-9,18H,3,10-12H2,1-2H3. The van der Waals surface area contributed by atoms with Gasteiger partial charge in [-0.3, -0.25) is 0 Å². The summed E-state index contributed by atoms with van der Waals surface area (Å²) >= 11 is 0. The van der Waals surface area contributed by atoms with Gasteiger partial charge in [0.15, 0.2) is 0 Å². The number of likely N-dealkylation sites (N-methyl/N-ethyl adjacent to an activating group) is 1. The molecule has 0 aliphatic rings. The number of rotatable bonds is 7. The highest BCUT2D eigenvalue weighted by Crippen LogP contribution is 2.22. The number of benzene rings is 1. The molecule has 2 rings (SSSR count). The Balaban J connectivity index is 1.85. The van der Waals surface area contributed by atoms with Crippen LogP contribution in [0, 0.1) is 5.82 Å². The maximum atomic E-state index is 12.9. The molecule has 1 N–H and O–H groups in total. The van der Waals surface area contributed by atoms with Crippen LogP contribution in [0.1, 0.15) is 12.7 Å². The quantitative estimate of drug-likeness (QED) is 0.788. The first-order chi connectivity index (χ1) is 9.69. The van der Waals surface area contributed by atoms with E-state index in [0.29, 0.717) is 6.54 Å². The van der Waals surface area contributed by atoms with Crippen molar-refractivity contribution in [2.75, 3.05) is 26.7 Å². The number of hydrogen-bond donors (Lipinski definition) is 1. The van der Waals surface area contributed by atoms with E-state index in [4.69, 9.17) is 4.42 Å². The fourth-order valence-corrected chi connectivity index (χ4v) is 1.88. The lowest BCUT2D eigenvalue weighted by Crippen LogP contribution is -2.28. The van der Waals surface area contributed by atoms with Crippen molar-refractivity contribution in [3.8, 4) is 11.3 Å². The van der Waals surface area contributed by atoms with Crippen LogP contribution in [-0.2, 0) is 6.54 Å². The van der Waals surface area contributed by atoms with Crippen molar-refractivity contribution in [3.05, 3.63) is 48.0 Å². The van der Waals surface area contributed by atoms with E-state index < -0.39 is 0 Å². The zero-order chi connectivity index (χ0) is 14.4. The molecule has 0 aliphatic carbocycles. The molecule has 0 spiro atoms. The molecule has 1 heterocycles.